The van der Waals surface area contributed by atoms with Gasteiger partial charge in [0.1, 0.15) is 0 Å². The van der Waals surface area contributed by atoms with Crippen molar-refractivity contribution in [3.8, 4) is 11.1 Å². The Morgan fingerprint density at radius 1 is 1.16 bits per heavy atom. The van der Waals surface area contributed by atoms with E-state index in [1.54, 1.807) is 0 Å². The Bertz CT molecular complexity index is 500. The van der Waals surface area contributed by atoms with Crippen LogP contribution in [-0.2, 0) is 6.54 Å². The Balaban J connectivity index is 1.92. The zero-order valence-electron chi connectivity index (χ0n) is 12.1. The number of aromatic nitrogens is 2. The normalized spacial score (nSPS) is 11.7. The summed E-state index contributed by atoms with van der Waals surface area (Å²) in [5.74, 6) is 0. The van der Waals surface area contributed by atoms with Crippen molar-refractivity contribution in [3.05, 3.63) is 42.7 Å². The zero-order valence-corrected chi connectivity index (χ0v) is 12.1. The summed E-state index contributed by atoms with van der Waals surface area (Å²) in [5, 5.41) is 7.96. The summed E-state index contributed by atoms with van der Waals surface area (Å²) in [6, 6.07) is 10.4. The Morgan fingerprint density at radius 2 is 1.89 bits per heavy atom. The van der Waals surface area contributed by atoms with Crippen molar-refractivity contribution in [1.29, 1.82) is 0 Å². The smallest absolute Gasteiger partial charge is 0.0568 e. The largest absolute Gasteiger partial charge is 0.310 e. The molecule has 0 saturated heterocycles. The predicted octanol–water partition coefficient (Wildman–Crippen LogP) is 3.33. The van der Waals surface area contributed by atoms with E-state index in [-0.39, 0.29) is 5.54 Å². The van der Waals surface area contributed by atoms with E-state index in [1.165, 1.54) is 11.1 Å². The van der Waals surface area contributed by atoms with E-state index in [0.29, 0.717) is 0 Å². The average Bonchev–Trinajstić information content (AvgIpc) is 2.88. The molecule has 0 saturated carbocycles. The first-order valence-corrected chi connectivity index (χ1v) is 6.93. The van der Waals surface area contributed by atoms with Gasteiger partial charge in [0.2, 0.25) is 0 Å². The molecule has 102 valence electrons. The molecule has 3 heteroatoms. The molecule has 0 radical (unpaired) electrons. The molecule has 1 N–H and O–H groups in total. The van der Waals surface area contributed by atoms with E-state index in [2.05, 4.69) is 61.6 Å². The first-order valence-electron chi connectivity index (χ1n) is 6.93. The summed E-state index contributed by atoms with van der Waals surface area (Å²) < 4.78 is 2.00. The van der Waals surface area contributed by atoms with Gasteiger partial charge in [-0.25, -0.2) is 0 Å². The fourth-order valence-corrected chi connectivity index (χ4v) is 1.90. The minimum Gasteiger partial charge on any atom is -0.310 e. The van der Waals surface area contributed by atoms with Crippen LogP contribution in [0.25, 0.3) is 11.1 Å². The van der Waals surface area contributed by atoms with Crippen molar-refractivity contribution in [3.63, 3.8) is 0 Å². The van der Waals surface area contributed by atoms with E-state index in [0.717, 1.165) is 19.5 Å². The molecule has 0 fully saturated rings. The summed E-state index contributed by atoms with van der Waals surface area (Å²) in [7, 11) is 0. The Kier molecular flexibility index (Phi) is 4.38. The minimum atomic E-state index is 0.204. The molecule has 19 heavy (non-hydrogen) atoms. The van der Waals surface area contributed by atoms with Crippen LogP contribution in [-0.4, -0.2) is 21.9 Å². The van der Waals surface area contributed by atoms with Crippen LogP contribution in [0.1, 0.15) is 27.2 Å². The highest BCUT2D eigenvalue weighted by Crippen LogP contribution is 2.17. The lowest BCUT2D eigenvalue weighted by molar-refractivity contribution is 0.363. The quantitative estimate of drug-likeness (QED) is 0.860. The first kappa shape index (κ1) is 13.8. The van der Waals surface area contributed by atoms with Crippen molar-refractivity contribution in [2.45, 2.75) is 39.3 Å². The molecule has 1 aromatic carbocycles. The maximum atomic E-state index is 4.41. The van der Waals surface area contributed by atoms with Gasteiger partial charge in [-0.2, -0.15) is 5.10 Å². The number of nitrogens with zero attached hydrogens (tertiary/aromatic N) is 2. The summed E-state index contributed by atoms with van der Waals surface area (Å²) in [5.41, 5.74) is 2.60. The van der Waals surface area contributed by atoms with Crippen molar-refractivity contribution < 1.29 is 0 Å². The molecule has 0 amide bonds. The van der Waals surface area contributed by atoms with Gasteiger partial charge in [0.25, 0.3) is 0 Å². The van der Waals surface area contributed by atoms with Crippen molar-refractivity contribution in [2.24, 2.45) is 0 Å². The maximum Gasteiger partial charge on any atom is 0.0568 e. The van der Waals surface area contributed by atoms with Gasteiger partial charge in [-0.1, -0.05) is 37.3 Å². The van der Waals surface area contributed by atoms with Crippen LogP contribution in [0.3, 0.4) is 0 Å². The third-order valence-electron chi connectivity index (χ3n) is 3.57. The lowest BCUT2D eigenvalue weighted by atomic mass is 10.0. The van der Waals surface area contributed by atoms with Gasteiger partial charge >= 0.3 is 0 Å². The third kappa shape index (κ3) is 3.93. The van der Waals surface area contributed by atoms with Crippen LogP contribution in [0.15, 0.2) is 42.7 Å². The molecule has 1 heterocycles. The standard InChI is InChI=1S/C16H23N3/c1-4-16(2,3)17-10-11-19-13-15(12-18-19)14-8-6-5-7-9-14/h5-9,12-13,17H,4,10-11H2,1-3H3. The van der Waals surface area contributed by atoms with Gasteiger partial charge in [0.15, 0.2) is 0 Å². The summed E-state index contributed by atoms with van der Waals surface area (Å²) >= 11 is 0. The molecule has 1 aromatic heterocycles. The molecule has 0 aliphatic rings. The molecule has 0 atom stereocenters. The number of hydrogen-bond acceptors (Lipinski definition) is 2. The monoisotopic (exact) mass is 257 g/mol. The van der Waals surface area contributed by atoms with Gasteiger partial charge in [-0.15, -0.1) is 0 Å². The van der Waals surface area contributed by atoms with E-state index >= 15 is 0 Å². The second-order valence-electron chi connectivity index (χ2n) is 5.52. The highest BCUT2D eigenvalue weighted by Gasteiger charge is 2.12. The minimum absolute atomic E-state index is 0.204. The molecular weight excluding hydrogens is 234 g/mol. The van der Waals surface area contributed by atoms with Gasteiger partial charge in [0.05, 0.1) is 12.7 Å². The third-order valence-corrected chi connectivity index (χ3v) is 3.57. The number of hydrogen-bond donors (Lipinski definition) is 1. The molecule has 2 aromatic rings. The number of rotatable bonds is 6. The van der Waals surface area contributed by atoms with E-state index in [4.69, 9.17) is 0 Å². The predicted molar refractivity (Wildman–Crippen MR) is 80.0 cm³/mol. The van der Waals surface area contributed by atoms with Crippen LogP contribution in [0, 0.1) is 0 Å². The summed E-state index contributed by atoms with van der Waals surface area (Å²) in [6.07, 6.45) is 5.16. The van der Waals surface area contributed by atoms with E-state index in [9.17, 15) is 0 Å². The second kappa shape index (κ2) is 6.02. The van der Waals surface area contributed by atoms with E-state index < -0.39 is 0 Å². The molecule has 2 rings (SSSR count). The molecule has 0 aliphatic heterocycles. The fraction of sp³-hybridized carbons (Fsp3) is 0.438. The molecule has 0 unspecified atom stereocenters. The Labute approximate surface area is 115 Å². The average molecular weight is 257 g/mol. The zero-order chi connectivity index (χ0) is 13.7. The second-order valence-corrected chi connectivity index (χ2v) is 5.52. The van der Waals surface area contributed by atoms with Crippen LogP contribution in [0.4, 0.5) is 0 Å². The summed E-state index contributed by atoms with van der Waals surface area (Å²) in [6.45, 7) is 8.50. The highest BCUT2D eigenvalue weighted by atomic mass is 15.3. The van der Waals surface area contributed by atoms with Crippen molar-refractivity contribution in [1.82, 2.24) is 15.1 Å². The molecule has 3 nitrogen and oxygen atoms in total. The van der Waals surface area contributed by atoms with E-state index in [1.807, 2.05) is 16.9 Å². The van der Waals surface area contributed by atoms with Gasteiger partial charge in [0, 0.05) is 23.8 Å². The molecule has 0 bridgehead atoms. The molecule has 0 aliphatic carbocycles. The topological polar surface area (TPSA) is 29.9 Å². The summed E-state index contributed by atoms with van der Waals surface area (Å²) in [4.78, 5) is 0. The van der Waals surface area contributed by atoms with Crippen molar-refractivity contribution >= 4 is 0 Å². The van der Waals surface area contributed by atoms with Crippen LogP contribution >= 0.6 is 0 Å². The van der Waals surface area contributed by atoms with Crippen LogP contribution in [0.5, 0.6) is 0 Å². The molecule has 0 spiro atoms. The maximum absolute atomic E-state index is 4.41. The van der Waals surface area contributed by atoms with Crippen LogP contribution in [0.2, 0.25) is 0 Å². The van der Waals surface area contributed by atoms with Gasteiger partial charge in [-0.05, 0) is 25.8 Å². The lowest BCUT2D eigenvalue weighted by Crippen LogP contribution is -2.40. The SMILES string of the molecule is CCC(C)(C)NCCn1cc(-c2ccccc2)cn1. The fourth-order valence-electron chi connectivity index (χ4n) is 1.90. The van der Waals surface area contributed by atoms with Gasteiger partial charge < -0.3 is 5.32 Å². The Hall–Kier alpha value is -1.61. The first-order chi connectivity index (χ1) is 9.11. The number of benzene rings is 1. The highest BCUT2D eigenvalue weighted by molar-refractivity contribution is 5.61. The lowest BCUT2D eigenvalue weighted by Gasteiger charge is -2.24. The number of nitrogens with one attached hydrogen (secondary N) is 1. The van der Waals surface area contributed by atoms with Gasteiger partial charge in [-0.3, -0.25) is 4.68 Å². The Morgan fingerprint density at radius 3 is 2.58 bits per heavy atom. The van der Waals surface area contributed by atoms with Crippen molar-refractivity contribution in [2.75, 3.05) is 6.54 Å². The molecular formula is C16H23N3. The van der Waals surface area contributed by atoms with Crippen LogP contribution < -0.4 is 5.32 Å².